The van der Waals surface area contributed by atoms with Gasteiger partial charge in [-0.15, -0.1) is 0 Å². The molecule has 2 aliphatic rings. The van der Waals surface area contributed by atoms with Gasteiger partial charge in [0.25, 0.3) is 0 Å². The summed E-state index contributed by atoms with van der Waals surface area (Å²) in [5.74, 6) is -0.291. The van der Waals surface area contributed by atoms with Crippen LogP contribution in [0.15, 0.2) is 48.8 Å². The van der Waals surface area contributed by atoms with Gasteiger partial charge in [-0.1, -0.05) is 12.1 Å². The molecule has 2 saturated heterocycles. The van der Waals surface area contributed by atoms with E-state index in [1.54, 1.807) is 18.5 Å². The van der Waals surface area contributed by atoms with Crippen LogP contribution >= 0.6 is 0 Å². The van der Waals surface area contributed by atoms with Crippen molar-refractivity contribution in [3.63, 3.8) is 0 Å². The van der Waals surface area contributed by atoms with Crippen molar-refractivity contribution in [3.05, 3.63) is 65.7 Å². The summed E-state index contributed by atoms with van der Waals surface area (Å²) in [5, 5.41) is 13.3. The van der Waals surface area contributed by atoms with E-state index in [0.29, 0.717) is 32.7 Å². The quantitative estimate of drug-likeness (QED) is 0.663. The lowest BCUT2D eigenvalue weighted by Crippen LogP contribution is -2.55. The number of aromatic nitrogens is 1. The standard InChI is InChI=1S/C25H32FN3O4/c26-20-3-1-2-19(12-20)14-29-15-21(30)16-32-17-24-23(29)5-4-22(33-24)13-25(31)28-11-8-18-6-9-27-10-7-18/h1-3,6-7,9-10,12,21-24,30H,4-5,8,11,13-17H2,(H,28,31)/t21-,22-,23-,24+/m1/s1. The number of β-amino-alcohol motifs (C(OH)–C–C–N with tert-alkyl or cyclic N) is 1. The van der Waals surface area contributed by atoms with Gasteiger partial charge in [-0.2, -0.15) is 0 Å². The minimum Gasteiger partial charge on any atom is -0.389 e. The monoisotopic (exact) mass is 457 g/mol. The van der Waals surface area contributed by atoms with E-state index in [9.17, 15) is 14.3 Å². The Morgan fingerprint density at radius 3 is 2.85 bits per heavy atom. The fourth-order valence-electron chi connectivity index (χ4n) is 4.67. The summed E-state index contributed by atoms with van der Waals surface area (Å²) in [7, 11) is 0. The minimum atomic E-state index is -0.608. The number of fused-ring (bicyclic) bond motifs is 1. The second-order valence-corrected chi connectivity index (χ2v) is 8.85. The van der Waals surface area contributed by atoms with Crippen LogP contribution in [-0.2, 0) is 27.2 Å². The topological polar surface area (TPSA) is 83.9 Å². The van der Waals surface area contributed by atoms with Gasteiger partial charge in [-0.3, -0.25) is 14.7 Å². The Balaban J connectivity index is 1.31. The Morgan fingerprint density at radius 1 is 1.18 bits per heavy atom. The number of carbonyl (C=O) groups excluding carboxylic acids is 1. The highest BCUT2D eigenvalue weighted by atomic mass is 19.1. The SMILES string of the molecule is O=C(C[C@H]1CC[C@@H]2[C@H](COC[C@H](O)CN2Cc2cccc(F)c2)O1)NCCc1ccncc1. The number of benzene rings is 1. The summed E-state index contributed by atoms with van der Waals surface area (Å²) in [6.07, 6.45) is 5.16. The number of carbonyl (C=O) groups is 1. The van der Waals surface area contributed by atoms with E-state index in [0.717, 1.165) is 30.4 Å². The zero-order valence-corrected chi connectivity index (χ0v) is 18.7. The maximum absolute atomic E-state index is 13.7. The number of halogens is 1. The molecule has 2 N–H and O–H groups in total. The molecule has 2 fully saturated rings. The number of hydrogen-bond donors (Lipinski definition) is 2. The number of aliphatic hydroxyl groups excluding tert-OH is 1. The Bertz CT molecular complexity index is 900. The molecule has 0 aliphatic carbocycles. The van der Waals surface area contributed by atoms with Crippen molar-refractivity contribution in [1.29, 1.82) is 0 Å². The van der Waals surface area contributed by atoms with E-state index < -0.39 is 6.10 Å². The molecule has 1 aromatic carbocycles. The lowest BCUT2D eigenvalue weighted by atomic mass is 9.94. The van der Waals surface area contributed by atoms with Gasteiger partial charge in [0.15, 0.2) is 0 Å². The van der Waals surface area contributed by atoms with E-state index >= 15 is 0 Å². The van der Waals surface area contributed by atoms with Crippen molar-refractivity contribution < 1.29 is 23.8 Å². The summed E-state index contributed by atoms with van der Waals surface area (Å²) in [5.41, 5.74) is 1.99. The zero-order chi connectivity index (χ0) is 23.0. The third-order valence-electron chi connectivity index (χ3n) is 6.26. The van der Waals surface area contributed by atoms with Gasteiger partial charge in [0.1, 0.15) is 5.82 Å². The molecule has 33 heavy (non-hydrogen) atoms. The van der Waals surface area contributed by atoms with Crippen molar-refractivity contribution >= 4 is 5.91 Å². The molecular weight excluding hydrogens is 425 g/mol. The molecule has 4 rings (SSSR count). The molecule has 4 atom stereocenters. The first kappa shape index (κ1) is 23.8. The third-order valence-corrected chi connectivity index (χ3v) is 6.26. The molecule has 0 spiro atoms. The zero-order valence-electron chi connectivity index (χ0n) is 18.7. The first-order chi connectivity index (χ1) is 16.1. The molecule has 2 aliphatic heterocycles. The Hall–Kier alpha value is -2.39. The molecule has 1 aromatic heterocycles. The van der Waals surface area contributed by atoms with E-state index in [-0.39, 0.29) is 36.6 Å². The summed E-state index contributed by atoms with van der Waals surface area (Å²) >= 11 is 0. The molecule has 178 valence electrons. The van der Waals surface area contributed by atoms with Gasteiger partial charge in [-0.25, -0.2) is 4.39 Å². The second kappa shape index (κ2) is 11.7. The Kier molecular flexibility index (Phi) is 8.39. The molecule has 0 saturated carbocycles. The van der Waals surface area contributed by atoms with Gasteiger partial charge in [-0.05, 0) is 54.7 Å². The van der Waals surface area contributed by atoms with Crippen molar-refractivity contribution in [1.82, 2.24) is 15.2 Å². The molecule has 1 amide bonds. The van der Waals surface area contributed by atoms with Crippen LogP contribution < -0.4 is 5.32 Å². The van der Waals surface area contributed by atoms with Gasteiger partial charge >= 0.3 is 0 Å². The highest BCUT2D eigenvalue weighted by Gasteiger charge is 2.38. The Morgan fingerprint density at radius 2 is 2.03 bits per heavy atom. The summed E-state index contributed by atoms with van der Waals surface area (Å²) < 4.78 is 25.7. The number of nitrogens with zero attached hydrogens (tertiary/aromatic N) is 2. The van der Waals surface area contributed by atoms with Gasteiger partial charge in [0.2, 0.25) is 5.91 Å². The van der Waals surface area contributed by atoms with Crippen molar-refractivity contribution in [2.75, 3.05) is 26.3 Å². The summed E-state index contributed by atoms with van der Waals surface area (Å²) in [4.78, 5) is 18.6. The van der Waals surface area contributed by atoms with E-state index in [1.165, 1.54) is 12.1 Å². The molecule has 0 bridgehead atoms. The second-order valence-electron chi connectivity index (χ2n) is 8.85. The average molecular weight is 458 g/mol. The smallest absolute Gasteiger partial charge is 0.222 e. The van der Waals surface area contributed by atoms with Gasteiger partial charge in [0, 0.05) is 38.1 Å². The lowest BCUT2D eigenvalue weighted by Gasteiger charge is -2.44. The molecule has 2 aromatic rings. The number of rotatable bonds is 7. The normalized spacial score (nSPS) is 26.1. The van der Waals surface area contributed by atoms with E-state index in [2.05, 4.69) is 15.2 Å². The van der Waals surface area contributed by atoms with Crippen LogP contribution in [-0.4, -0.2) is 71.6 Å². The fourth-order valence-corrected chi connectivity index (χ4v) is 4.67. The van der Waals surface area contributed by atoms with Crippen molar-refractivity contribution in [2.45, 2.75) is 56.6 Å². The van der Waals surface area contributed by atoms with Crippen LogP contribution in [0.2, 0.25) is 0 Å². The maximum Gasteiger partial charge on any atom is 0.222 e. The fraction of sp³-hybridized carbons (Fsp3) is 0.520. The molecule has 7 nitrogen and oxygen atoms in total. The average Bonchev–Trinajstić information content (AvgIpc) is 2.79. The van der Waals surface area contributed by atoms with Gasteiger partial charge in [0.05, 0.1) is 37.9 Å². The summed E-state index contributed by atoms with van der Waals surface area (Å²) in [6, 6.07) is 10.5. The number of aliphatic hydroxyl groups is 1. The van der Waals surface area contributed by atoms with E-state index in [4.69, 9.17) is 9.47 Å². The largest absolute Gasteiger partial charge is 0.389 e. The molecule has 8 heteroatoms. The number of pyridine rings is 1. The highest BCUT2D eigenvalue weighted by molar-refractivity contribution is 5.76. The minimum absolute atomic E-state index is 0.0219. The maximum atomic E-state index is 13.7. The number of hydrogen-bond acceptors (Lipinski definition) is 6. The third kappa shape index (κ3) is 7.04. The van der Waals surface area contributed by atoms with Crippen molar-refractivity contribution in [2.24, 2.45) is 0 Å². The van der Waals surface area contributed by atoms with Crippen LogP contribution in [0.25, 0.3) is 0 Å². The van der Waals surface area contributed by atoms with Crippen LogP contribution in [0.1, 0.15) is 30.4 Å². The van der Waals surface area contributed by atoms with Crippen molar-refractivity contribution in [3.8, 4) is 0 Å². The molecule has 0 unspecified atom stereocenters. The number of amides is 1. The first-order valence-electron chi connectivity index (χ1n) is 11.6. The Labute approximate surface area is 193 Å². The first-order valence-corrected chi connectivity index (χ1v) is 11.6. The number of nitrogens with one attached hydrogen (secondary N) is 1. The van der Waals surface area contributed by atoms with Crippen LogP contribution in [0.4, 0.5) is 4.39 Å². The predicted molar refractivity (Wildman–Crippen MR) is 121 cm³/mol. The number of ether oxygens (including phenoxy) is 2. The van der Waals surface area contributed by atoms with Gasteiger partial charge < -0.3 is 19.9 Å². The molecular formula is C25H32FN3O4. The highest BCUT2D eigenvalue weighted by Crippen LogP contribution is 2.28. The van der Waals surface area contributed by atoms with Crippen LogP contribution in [0.5, 0.6) is 0 Å². The van der Waals surface area contributed by atoms with Crippen LogP contribution in [0.3, 0.4) is 0 Å². The predicted octanol–water partition coefficient (Wildman–Crippen LogP) is 2.08. The summed E-state index contributed by atoms with van der Waals surface area (Å²) in [6.45, 7) is 2.12. The molecule has 3 heterocycles. The van der Waals surface area contributed by atoms with E-state index in [1.807, 2.05) is 18.2 Å². The lowest BCUT2D eigenvalue weighted by molar-refractivity contribution is -0.158. The molecule has 0 radical (unpaired) electrons. The van der Waals surface area contributed by atoms with Crippen LogP contribution in [0, 0.1) is 5.82 Å².